The molecule has 7 heteroatoms. The molecular weight excluding hydrogens is 295 g/mol. The van der Waals surface area contributed by atoms with E-state index >= 15 is 0 Å². The van der Waals surface area contributed by atoms with Crippen LogP contribution in [0.4, 0.5) is 0 Å². The molecule has 0 saturated heterocycles. The summed E-state index contributed by atoms with van der Waals surface area (Å²) in [6, 6.07) is 9.48. The molecule has 0 amide bonds. The van der Waals surface area contributed by atoms with Gasteiger partial charge in [0.15, 0.2) is 0 Å². The Kier molecular flexibility index (Phi) is 3.66. The number of benzene rings is 1. The summed E-state index contributed by atoms with van der Waals surface area (Å²) < 4.78 is 24.2. The lowest BCUT2D eigenvalue weighted by Crippen LogP contribution is -2.02. The number of hydrogen-bond acceptors (Lipinski definition) is 3. The van der Waals surface area contributed by atoms with Gasteiger partial charge in [0, 0.05) is 10.7 Å². The molecule has 0 N–H and O–H groups in total. The molecule has 0 fully saturated rings. The maximum atomic E-state index is 11.4. The van der Waals surface area contributed by atoms with Crippen LogP contribution in [0.15, 0.2) is 35.2 Å². The van der Waals surface area contributed by atoms with Gasteiger partial charge < -0.3 is 0 Å². The molecule has 1 aromatic heterocycles. The van der Waals surface area contributed by atoms with Gasteiger partial charge >= 0.3 is 0 Å². The van der Waals surface area contributed by atoms with Crippen molar-refractivity contribution < 1.29 is 8.42 Å². The van der Waals surface area contributed by atoms with Gasteiger partial charge in [-0.2, -0.15) is 5.10 Å². The summed E-state index contributed by atoms with van der Waals surface area (Å²) in [5, 5.41) is 4.13. The maximum Gasteiger partial charge on any atom is 0.266 e. The Morgan fingerprint density at radius 2 is 1.89 bits per heavy atom. The van der Waals surface area contributed by atoms with Crippen LogP contribution in [0.25, 0.3) is 0 Å². The summed E-state index contributed by atoms with van der Waals surface area (Å²) in [6.07, 6.45) is 0. The Balaban J connectivity index is 2.43. The van der Waals surface area contributed by atoms with E-state index in [4.69, 9.17) is 22.3 Å². The molecule has 1 heterocycles. The molecule has 0 atom stereocenters. The molecule has 0 aliphatic carbocycles. The van der Waals surface area contributed by atoms with Crippen molar-refractivity contribution in [2.75, 3.05) is 0 Å². The lowest BCUT2D eigenvalue weighted by atomic mass is 10.2. The SMILES string of the molecule is Cc1nn(Cc2ccccc2)c(Cl)c1S(=O)(=O)Cl. The average Bonchev–Trinajstić information content (AvgIpc) is 2.54. The van der Waals surface area contributed by atoms with Crippen molar-refractivity contribution >= 4 is 31.3 Å². The molecule has 2 rings (SSSR count). The van der Waals surface area contributed by atoms with E-state index in [9.17, 15) is 8.42 Å². The van der Waals surface area contributed by atoms with E-state index in [1.807, 2.05) is 30.3 Å². The normalized spacial score (nSPS) is 11.7. The Labute approximate surface area is 115 Å². The molecule has 0 bridgehead atoms. The second-order valence-electron chi connectivity index (χ2n) is 3.79. The molecule has 4 nitrogen and oxygen atoms in total. The van der Waals surface area contributed by atoms with E-state index in [2.05, 4.69) is 5.10 Å². The molecular formula is C11H10Cl2N2O2S. The van der Waals surface area contributed by atoms with Crippen LogP contribution >= 0.6 is 22.3 Å². The van der Waals surface area contributed by atoms with E-state index in [0.717, 1.165) is 5.56 Å². The van der Waals surface area contributed by atoms with Gasteiger partial charge in [-0.3, -0.25) is 0 Å². The van der Waals surface area contributed by atoms with Gasteiger partial charge in [-0.25, -0.2) is 13.1 Å². The molecule has 0 unspecified atom stereocenters. The summed E-state index contributed by atoms with van der Waals surface area (Å²) >= 11 is 6.00. The maximum absolute atomic E-state index is 11.4. The molecule has 18 heavy (non-hydrogen) atoms. The van der Waals surface area contributed by atoms with Crippen LogP contribution in [-0.4, -0.2) is 18.2 Å². The fourth-order valence-corrected chi connectivity index (χ4v) is 3.59. The molecule has 0 radical (unpaired) electrons. The highest BCUT2D eigenvalue weighted by atomic mass is 35.7. The molecule has 96 valence electrons. The lowest BCUT2D eigenvalue weighted by molar-refractivity contribution is 0.609. The molecule has 0 saturated carbocycles. The van der Waals surface area contributed by atoms with Crippen molar-refractivity contribution in [1.29, 1.82) is 0 Å². The highest BCUT2D eigenvalue weighted by Crippen LogP contribution is 2.28. The van der Waals surface area contributed by atoms with E-state index < -0.39 is 9.05 Å². The summed E-state index contributed by atoms with van der Waals surface area (Å²) in [5.41, 5.74) is 1.27. The van der Waals surface area contributed by atoms with Crippen molar-refractivity contribution in [3.8, 4) is 0 Å². The number of nitrogens with zero attached hydrogens (tertiary/aromatic N) is 2. The van der Waals surface area contributed by atoms with Crippen molar-refractivity contribution in [2.45, 2.75) is 18.4 Å². The third-order valence-corrected chi connectivity index (χ3v) is 4.37. The smallest absolute Gasteiger partial charge is 0.248 e. The zero-order chi connectivity index (χ0) is 13.3. The third-order valence-electron chi connectivity index (χ3n) is 2.43. The van der Waals surface area contributed by atoms with Gasteiger partial charge in [0.25, 0.3) is 9.05 Å². The Bertz CT molecular complexity index is 666. The highest BCUT2D eigenvalue weighted by molar-refractivity contribution is 8.13. The second-order valence-corrected chi connectivity index (χ2v) is 6.65. The molecule has 0 spiro atoms. The monoisotopic (exact) mass is 304 g/mol. The minimum Gasteiger partial charge on any atom is -0.248 e. The van der Waals surface area contributed by atoms with Gasteiger partial charge in [0.1, 0.15) is 10.0 Å². The van der Waals surface area contributed by atoms with Crippen LogP contribution in [0.1, 0.15) is 11.3 Å². The summed E-state index contributed by atoms with van der Waals surface area (Å²) in [5.74, 6) is 0. The van der Waals surface area contributed by atoms with Crippen LogP contribution in [0.3, 0.4) is 0 Å². The first-order valence-electron chi connectivity index (χ1n) is 5.11. The van der Waals surface area contributed by atoms with Crippen molar-refractivity contribution in [1.82, 2.24) is 9.78 Å². The first-order valence-corrected chi connectivity index (χ1v) is 7.80. The van der Waals surface area contributed by atoms with Gasteiger partial charge in [-0.15, -0.1) is 0 Å². The first-order chi connectivity index (χ1) is 8.39. The fraction of sp³-hybridized carbons (Fsp3) is 0.182. The second kappa shape index (κ2) is 4.91. The van der Waals surface area contributed by atoms with E-state index in [1.54, 1.807) is 6.92 Å². The minimum absolute atomic E-state index is 0.0337. The molecule has 2 aromatic rings. The average molecular weight is 305 g/mol. The number of halogens is 2. The number of rotatable bonds is 3. The Morgan fingerprint density at radius 1 is 1.28 bits per heavy atom. The first kappa shape index (κ1) is 13.4. The van der Waals surface area contributed by atoms with Crippen LogP contribution in [0.2, 0.25) is 5.15 Å². The molecule has 0 aliphatic heterocycles. The largest absolute Gasteiger partial charge is 0.266 e. The lowest BCUT2D eigenvalue weighted by Gasteiger charge is -2.03. The van der Waals surface area contributed by atoms with E-state index in [-0.39, 0.29) is 10.0 Å². The van der Waals surface area contributed by atoms with Crippen molar-refractivity contribution in [3.05, 3.63) is 46.7 Å². The van der Waals surface area contributed by atoms with Crippen LogP contribution in [0.5, 0.6) is 0 Å². The predicted octanol–water partition coefficient (Wildman–Crippen LogP) is 2.82. The van der Waals surface area contributed by atoms with Crippen LogP contribution in [-0.2, 0) is 15.6 Å². The number of aryl methyl sites for hydroxylation is 1. The van der Waals surface area contributed by atoms with E-state index in [1.165, 1.54) is 4.68 Å². The zero-order valence-electron chi connectivity index (χ0n) is 9.47. The van der Waals surface area contributed by atoms with Crippen LogP contribution < -0.4 is 0 Å². The fourth-order valence-electron chi connectivity index (χ4n) is 1.68. The van der Waals surface area contributed by atoms with Gasteiger partial charge in [0.2, 0.25) is 0 Å². The summed E-state index contributed by atoms with van der Waals surface area (Å²) in [4.78, 5) is -0.123. The van der Waals surface area contributed by atoms with Gasteiger partial charge in [-0.05, 0) is 12.5 Å². The topological polar surface area (TPSA) is 52.0 Å². The quantitative estimate of drug-likeness (QED) is 0.819. The standard InChI is InChI=1S/C11H10Cl2N2O2S/c1-8-10(18(13,16)17)11(12)15(14-8)7-9-5-3-2-4-6-9/h2-6H,7H2,1H3. The predicted molar refractivity (Wildman–Crippen MR) is 70.6 cm³/mol. The van der Waals surface area contributed by atoms with Gasteiger partial charge in [0.05, 0.1) is 12.2 Å². The van der Waals surface area contributed by atoms with Crippen molar-refractivity contribution in [2.24, 2.45) is 0 Å². The minimum atomic E-state index is -3.88. The van der Waals surface area contributed by atoms with E-state index in [0.29, 0.717) is 12.2 Å². The summed E-state index contributed by atoms with van der Waals surface area (Å²) in [7, 11) is 1.44. The summed E-state index contributed by atoms with van der Waals surface area (Å²) in [6.45, 7) is 1.95. The van der Waals surface area contributed by atoms with Crippen molar-refractivity contribution in [3.63, 3.8) is 0 Å². The molecule has 1 aromatic carbocycles. The zero-order valence-corrected chi connectivity index (χ0v) is 11.8. The van der Waals surface area contributed by atoms with Crippen LogP contribution in [0, 0.1) is 6.92 Å². The Morgan fingerprint density at radius 3 is 2.39 bits per heavy atom. The Hall–Kier alpha value is -1.04. The number of aromatic nitrogens is 2. The number of hydrogen-bond donors (Lipinski definition) is 0. The highest BCUT2D eigenvalue weighted by Gasteiger charge is 2.23. The third kappa shape index (κ3) is 2.68. The van der Waals surface area contributed by atoms with Gasteiger partial charge in [-0.1, -0.05) is 41.9 Å². The molecule has 0 aliphatic rings.